The fraction of sp³-hybridized carbons (Fsp3) is 0.154. The predicted molar refractivity (Wildman–Crippen MR) is 130 cm³/mol. The Hall–Kier alpha value is -3.58. The largest absolute Gasteiger partial charge is 0.451 e. The number of aromatic nitrogens is 3. The normalized spacial score (nSPS) is 10.8. The van der Waals surface area contributed by atoms with Crippen LogP contribution in [0.5, 0.6) is 0 Å². The lowest BCUT2D eigenvalue weighted by atomic mass is 10.1. The van der Waals surface area contributed by atoms with E-state index in [0.29, 0.717) is 11.4 Å². The highest BCUT2D eigenvalue weighted by Gasteiger charge is 2.21. The number of Topliss-reactive ketones (excluding diaryl/α,β-unsaturated/α-hetero) is 1. The van der Waals surface area contributed by atoms with Gasteiger partial charge in [0, 0.05) is 15.6 Å². The highest BCUT2D eigenvalue weighted by molar-refractivity contribution is 9.10. The third-order valence-electron chi connectivity index (χ3n) is 5.30. The van der Waals surface area contributed by atoms with Crippen molar-refractivity contribution in [3.8, 4) is 17.1 Å². The molecule has 0 radical (unpaired) electrons. The lowest BCUT2D eigenvalue weighted by molar-refractivity contribution is 0.0462. The Morgan fingerprint density at radius 2 is 1.70 bits per heavy atom. The molecule has 7 heteroatoms. The first-order valence-corrected chi connectivity index (χ1v) is 11.2. The van der Waals surface area contributed by atoms with E-state index in [1.807, 2.05) is 63.2 Å². The van der Waals surface area contributed by atoms with Gasteiger partial charge < -0.3 is 4.74 Å². The van der Waals surface area contributed by atoms with Gasteiger partial charge in [0.1, 0.15) is 0 Å². The summed E-state index contributed by atoms with van der Waals surface area (Å²) in [5, 5.41) is 4.43. The smallest absolute Gasteiger partial charge is 0.378 e. The van der Waals surface area contributed by atoms with E-state index in [9.17, 15) is 9.59 Å². The molecule has 0 aliphatic heterocycles. The van der Waals surface area contributed by atoms with Crippen LogP contribution in [0, 0.1) is 20.8 Å². The minimum absolute atomic E-state index is 0.103. The average Bonchev–Trinajstić information content (AvgIpc) is 3.25. The number of hydrogen-bond acceptors (Lipinski definition) is 5. The van der Waals surface area contributed by atoms with Crippen molar-refractivity contribution < 1.29 is 14.3 Å². The Bertz CT molecular complexity index is 1340. The van der Waals surface area contributed by atoms with E-state index in [2.05, 4.69) is 26.0 Å². The Morgan fingerprint density at radius 1 is 0.939 bits per heavy atom. The van der Waals surface area contributed by atoms with Crippen LogP contribution in [-0.2, 0) is 4.74 Å². The summed E-state index contributed by atoms with van der Waals surface area (Å²) in [7, 11) is 0. The monoisotopic (exact) mass is 503 g/mol. The zero-order valence-corrected chi connectivity index (χ0v) is 20.1. The Kier molecular flexibility index (Phi) is 6.51. The van der Waals surface area contributed by atoms with E-state index in [1.54, 1.807) is 28.9 Å². The van der Waals surface area contributed by atoms with Crippen LogP contribution in [0.1, 0.15) is 37.7 Å². The van der Waals surface area contributed by atoms with Gasteiger partial charge in [0.05, 0.1) is 5.69 Å². The number of aryl methyl sites for hydroxylation is 3. The Morgan fingerprint density at radius 3 is 2.39 bits per heavy atom. The second-order valence-electron chi connectivity index (χ2n) is 7.82. The average molecular weight is 504 g/mol. The van der Waals surface area contributed by atoms with Crippen LogP contribution in [0.4, 0.5) is 0 Å². The van der Waals surface area contributed by atoms with E-state index >= 15 is 0 Å². The molecule has 0 N–H and O–H groups in total. The molecular formula is C26H22BrN3O3. The van der Waals surface area contributed by atoms with Gasteiger partial charge in [-0.05, 0) is 62.2 Å². The number of esters is 1. The van der Waals surface area contributed by atoms with Crippen LogP contribution in [-0.4, -0.2) is 33.1 Å². The fourth-order valence-electron chi connectivity index (χ4n) is 3.32. The summed E-state index contributed by atoms with van der Waals surface area (Å²) in [6, 6.07) is 20.6. The van der Waals surface area contributed by atoms with E-state index in [1.165, 1.54) is 0 Å². The molecular weight excluding hydrogens is 482 g/mol. The van der Waals surface area contributed by atoms with Gasteiger partial charge >= 0.3 is 5.97 Å². The van der Waals surface area contributed by atoms with Gasteiger partial charge in [-0.25, -0.2) is 14.5 Å². The number of ketones is 1. The highest BCUT2D eigenvalue weighted by Crippen LogP contribution is 2.24. The van der Waals surface area contributed by atoms with E-state index in [-0.39, 0.29) is 11.6 Å². The van der Waals surface area contributed by atoms with Gasteiger partial charge in [-0.1, -0.05) is 57.9 Å². The molecule has 1 aromatic heterocycles. The maximum absolute atomic E-state index is 12.7. The maximum atomic E-state index is 12.7. The van der Waals surface area contributed by atoms with Crippen molar-refractivity contribution >= 4 is 27.7 Å². The molecule has 4 aromatic rings. The number of ether oxygens (including phenoxy) is 1. The van der Waals surface area contributed by atoms with Crippen molar-refractivity contribution in [1.82, 2.24) is 14.8 Å². The maximum Gasteiger partial charge on any atom is 0.378 e. The first-order chi connectivity index (χ1) is 15.8. The topological polar surface area (TPSA) is 74.1 Å². The van der Waals surface area contributed by atoms with Crippen LogP contribution in [0.15, 0.2) is 71.2 Å². The van der Waals surface area contributed by atoms with Crippen molar-refractivity contribution in [2.75, 3.05) is 6.61 Å². The van der Waals surface area contributed by atoms with Crippen molar-refractivity contribution in [2.24, 2.45) is 0 Å². The SMILES string of the molecule is Cc1cccc(-c2nc(C(=O)OCC(=O)c3ccc(Br)cc3)nn2-c2ccc(C)c(C)c2)c1. The molecule has 0 fully saturated rings. The van der Waals surface area contributed by atoms with Gasteiger partial charge in [-0.2, -0.15) is 0 Å². The molecule has 0 aliphatic rings. The predicted octanol–water partition coefficient (Wildman–Crippen LogP) is 5.66. The number of rotatable bonds is 6. The van der Waals surface area contributed by atoms with Crippen molar-refractivity contribution in [3.05, 3.63) is 99.3 Å². The van der Waals surface area contributed by atoms with E-state index in [4.69, 9.17) is 4.74 Å². The molecule has 0 amide bonds. The molecule has 3 aromatic carbocycles. The fourth-order valence-corrected chi connectivity index (χ4v) is 3.59. The minimum atomic E-state index is -0.753. The number of benzene rings is 3. The lowest BCUT2D eigenvalue weighted by Gasteiger charge is -2.08. The number of hydrogen-bond donors (Lipinski definition) is 0. The molecule has 4 rings (SSSR count). The third kappa shape index (κ3) is 5.09. The second kappa shape index (κ2) is 9.50. The second-order valence-corrected chi connectivity index (χ2v) is 8.73. The molecule has 33 heavy (non-hydrogen) atoms. The molecule has 0 bridgehead atoms. The molecule has 0 spiro atoms. The zero-order chi connectivity index (χ0) is 23.5. The molecule has 6 nitrogen and oxygen atoms in total. The zero-order valence-electron chi connectivity index (χ0n) is 18.5. The summed E-state index contributed by atoms with van der Waals surface area (Å²) < 4.78 is 7.74. The summed E-state index contributed by atoms with van der Waals surface area (Å²) in [4.78, 5) is 29.6. The first-order valence-electron chi connectivity index (χ1n) is 10.4. The van der Waals surface area contributed by atoms with Gasteiger partial charge in [0.15, 0.2) is 18.2 Å². The molecule has 0 unspecified atom stereocenters. The molecule has 0 saturated heterocycles. The summed E-state index contributed by atoms with van der Waals surface area (Å²) in [6.45, 7) is 5.65. The van der Waals surface area contributed by atoms with Gasteiger partial charge in [-0.15, -0.1) is 5.10 Å². The van der Waals surface area contributed by atoms with Crippen LogP contribution >= 0.6 is 15.9 Å². The number of carbonyl (C=O) groups excluding carboxylic acids is 2. The molecule has 166 valence electrons. The Balaban J connectivity index is 1.64. The molecule has 0 atom stereocenters. The van der Waals surface area contributed by atoms with E-state index in [0.717, 1.165) is 32.4 Å². The van der Waals surface area contributed by atoms with Crippen molar-refractivity contribution in [2.45, 2.75) is 20.8 Å². The van der Waals surface area contributed by atoms with Gasteiger partial charge in [-0.3, -0.25) is 4.79 Å². The summed E-state index contributed by atoms with van der Waals surface area (Å²) >= 11 is 3.33. The summed E-state index contributed by atoms with van der Waals surface area (Å²) in [5.41, 5.74) is 5.38. The third-order valence-corrected chi connectivity index (χ3v) is 5.83. The van der Waals surface area contributed by atoms with E-state index < -0.39 is 12.6 Å². The minimum Gasteiger partial charge on any atom is -0.451 e. The lowest BCUT2D eigenvalue weighted by Crippen LogP contribution is -2.15. The number of halogens is 1. The van der Waals surface area contributed by atoms with Crippen LogP contribution in [0.25, 0.3) is 17.1 Å². The van der Waals surface area contributed by atoms with Crippen LogP contribution < -0.4 is 0 Å². The van der Waals surface area contributed by atoms with Crippen molar-refractivity contribution in [3.63, 3.8) is 0 Å². The number of carbonyl (C=O) groups is 2. The van der Waals surface area contributed by atoms with Gasteiger partial charge in [0.25, 0.3) is 5.82 Å². The summed E-state index contributed by atoms with van der Waals surface area (Å²) in [6.07, 6.45) is 0. The summed E-state index contributed by atoms with van der Waals surface area (Å²) in [5.74, 6) is -0.637. The molecule has 1 heterocycles. The van der Waals surface area contributed by atoms with Gasteiger partial charge in [0.2, 0.25) is 0 Å². The van der Waals surface area contributed by atoms with Crippen molar-refractivity contribution in [1.29, 1.82) is 0 Å². The molecule has 0 saturated carbocycles. The molecule has 0 aliphatic carbocycles. The standard InChI is InChI=1S/C26H22BrN3O3/c1-16-5-4-6-20(13-16)25-28-24(29-30(25)22-12-7-17(2)18(3)14-22)26(32)33-15-23(31)19-8-10-21(27)11-9-19/h4-14H,15H2,1-3H3. The van der Waals surface area contributed by atoms with Crippen LogP contribution in [0.2, 0.25) is 0 Å². The first kappa shape index (κ1) is 22.6. The quantitative estimate of drug-likeness (QED) is 0.250. The highest BCUT2D eigenvalue weighted by atomic mass is 79.9. The number of nitrogens with zero attached hydrogens (tertiary/aromatic N) is 3. The van der Waals surface area contributed by atoms with Crippen LogP contribution in [0.3, 0.4) is 0 Å². The Labute approximate surface area is 200 Å².